The number of rotatable bonds is 5. The summed E-state index contributed by atoms with van der Waals surface area (Å²) in [7, 11) is 1.84. The Bertz CT molecular complexity index is 409. The molecular formula is C17H32N4O2. The van der Waals surface area contributed by atoms with Crippen LogP contribution in [-0.4, -0.2) is 74.0 Å². The summed E-state index contributed by atoms with van der Waals surface area (Å²) in [5.41, 5.74) is 0. The summed E-state index contributed by atoms with van der Waals surface area (Å²) in [6.45, 7) is 8.32. The summed E-state index contributed by atoms with van der Waals surface area (Å²) in [6, 6.07) is 0.281. The summed E-state index contributed by atoms with van der Waals surface area (Å²) in [6.07, 6.45) is 3.51. The van der Waals surface area contributed by atoms with Gasteiger partial charge in [-0.05, 0) is 25.3 Å². The standard InChI is InChI=1S/C17H32N4O2/c1-13-5-4-6-15(14(13)2)19-16(22)11-20(3)12-17(23)21-9-7-18-8-10-21/h13-15,18H,4-12H2,1-3H3,(H,19,22). The molecule has 0 bridgehead atoms. The largest absolute Gasteiger partial charge is 0.352 e. The van der Waals surface area contributed by atoms with E-state index in [2.05, 4.69) is 24.5 Å². The molecule has 1 aliphatic carbocycles. The van der Waals surface area contributed by atoms with Crippen molar-refractivity contribution < 1.29 is 9.59 Å². The Hall–Kier alpha value is -1.14. The van der Waals surface area contributed by atoms with Crippen LogP contribution in [0.3, 0.4) is 0 Å². The van der Waals surface area contributed by atoms with Gasteiger partial charge in [0.1, 0.15) is 0 Å². The third-order valence-electron chi connectivity index (χ3n) is 5.34. The average Bonchev–Trinajstić information content (AvgIpc) is 2.52. The molecule has 0 spiro atoms. The lowest BCUT2D eigenvalue weighted by Gasteiger charge is -2.35. The molecule has 1 saturated heterocycles. The normalized spacial score (nSPS) is 28.7. The summed E-state index contributed by atoms with van der Waals surface area (Å²) in [5, 5.41) is 6.40. The second-order valence-electron chi connectivity index (χ2n) is 7.24. The van der Waals surface area contributed by atoms with Crippen molar-refractivity contribution in [2.45, 2.75) is 39.2 Å². The second-order valence-corrected chi connectivity index (χ2v) is 7.24. The fourth-order valence-electron chi connectivity index (χ4n) is 3.58. The van der Waals surface area contributed by atoms with Crippen molar-refractivity contribution in [1.82, 2.24) is 20.4 Å². The zero-order chi connectivity index (χ0) is 16.8. The van der Waals surface area contributed by atoms with Crippen LogP contribution in [0.5, 0.6) is 0 Å². The Morgan fingerprint density at radius 1 is 1.17 bits per heavy atom. The van der Waals surface area contributed by atoms with Gasteiger partial charge in [0, 0.05) is 32.2 Å². The molecular weight excluding hydrogens is 292 g/mol. The highest BCUT2D eigenvalue weighted by atomic mass is 16.2. The van der Waals surface area contributed by atoms with Gasteiger partial charge in [-0.15, -0.1) is 0 Å². The van der Waals surface area contributed by atoms with Gasteiger partial charge in [-0.2, -0.15) is 0 Å². The van der Waals surface area contributed by atoms with E-state index in [1.165, 1.54) is 12.8 Å². The minimum absolute atomic E-state index is 0.0339. The van der Waals surface area contributed by atoms with Gasteiger partial charge >= 0.3 is 0 Å². The highest BCUT2D eigenvalue weighted by Crippen LogP contribution is 2.29. The first-order valence-corrected chi connectivity index (χ1v) is 8.93. The number of hydrogen-bond donors (Lipinski definition) is 2. The lowest BCUT2D eigenvalue weighted by atomic mass is 9.78. The number of nitrogens with one attached hydrogen (secondary N) is 2. The number of piperazine rings is 1. The highest BCUT2D eigenvalue weighted by Gasteiger charge is 2.28. The van der Waals surface area contributed by atoms with Crippen LogP contribution in [0.15, 0.2) is 0 Å². The first-order chi connectivity index (χ1) is 11.0. The van der Waals surface area contributed by atoms with Crippen LogP contribution in [-0.2, 0) is 9.59 Å². The summed E-state index contributed by atoms with van der Waals surface area (Å²) >= 11 is 0. The van der Waals surface area contributed by atoms with Gasteiger partial charge in [-0.1, -0.05) is 26.7 Å². The van der Waals surface area contributed by atoms with Crippen LogP contribution in [0.4, 0.5) is 0 Å². The monoisotopic (exact) mass is 324 g/mol. The zero-order valence-corrected chi connectivity index (χ0v) is 14.8. The van der Waals surface area contributed by atoms with Gasteiger partial charge in [-0.25, -0.2) is 0 Å². The van der Waals surface area contributed by atoms with E-state index in [0.29, 0.717) is 18.4 Å². The third kappa shape index (κ3) is 5.46. The first kappa shape index (κ1) is 18.2. The van der Waals surface area contributed by atoms with Gasteiger partial charge in [-0.3, -0.25) is 14.5 Å². The summed E-state index contributed by atoms with van der Waals surface area (Å²) in [4.78, 5) is 28.1. The Morgan fingerprint density at radius 3 is 2.57 bits per heavy atom. The van der Waals surface area contributed by atoms with Crippen LogP contribution in [0.25, 0.3) is 0 Å². The molecule has 2 N–H and O–H groups in total. The molecule has 6 heteroatoms. The van der Waals surface area contributed by atoms with E-state index in [4.69, 9.17) is 0 Å². The van der Waals surface area contributed by atoms with E-state index in [1.807, 2.05) is 16.8 Å². The van der Waals surface area contributed by atoms with Crippen LogP contribution < -0.4 is 10.6 Å². The molecule has 2 amide bonds. The van der Waals surface area contributed by atoms with Crippen LogP contribution in [0, 0.1) is 11.8 Å². The molecule has 0 radical (unpaired) electrons. The molecule has 0 aromatic rings. The van der Waals surface area contributed by atoms with E-state index in [0.717, 1.165) is 32.6 Å². The fraction of sp³-hybridized carbons (Fsp3) is 0.882. The molecule has 0 aromatic carbocycles. The Morgan fingerprint density at radius 2 is 1.87 bits per heavy atom. The SMILES string of the molecule is CC1CCCC(NC(=O)CN(C)CC(=O)N2CCNCC2)C1C. The highest BCUT2D eigenvalue weighted by molar-refractivity contribution is 5.81. The maximum absolute atomic E-state index is 12.2. The molecule has 132 valence electrons. The Balaban J connectivity index is 1.72. The van der Waals surface area contributed by atoms with Gasteiger partial charge < -0.3 is 15.5 Å². The number of hydrogen-bond acceptors (Lipinski definition) is 4. The Labute approximate surface area is 140 Å². The smallest absolute Gasteiger partial charge is 0.236 e. The van der Waals surface area contributed by atoms with E-state index in [1.54, 1.807) is 0 Å². The second kappa shape index (κ2) is 8.64. The minimum Gasteiger partial charge on any atom is -0.352 e. The molecule has 1 heterocycles. The number of carbonyl (C=O) groups excluding carboxylic acids is 2. The topological polar surface area (TPSA) is 64.7 Å². The quantitative estimate of drug-likeness (QED) is 0.763. The number of nitrogens with zero attached hydrogens (tertiary/aromatic N) is 2. The van der Waals surface area contributed by atoms with Crippen molar-refractivity contribution in [3.05, 3.63) is 0 Å². The molecule has 2 fully saturated rings. The minimum atomic E-state index is 0.0339. The summed E-state index contributed by atoms with van der Waals surface area (Å²) < 4.78 is 0. The van der Waals surface area contributed by atoms with Crippen LogP contribution in [0.1, 0.15) is 33.1 Å². The van der Waals surface area contributed by atoms with E-state index >= 15 is 0 Å². The maximum Gasteiger partial charge on any atom is 0.236 e. The predicted molar refractivity (Wildman–Crippen MR) is 91.1 cm³/mol. The van der Waals surface area contributed by atoms with Gasteiger partial charge in [0.25, 0.3) is 0 Å². The lowest BCUT2D eigenvalue weighted by molar-refractivity contribution is -0.133. The van der Waals surface area contributed by atoms with Crippen LogP contribution >= 0.6 is 0 Å². The molecule has 2 aliphatic rings. The van der Waals surface area contributed by atoms with Crippen molar-refractivity contribution in [2.24, 2.45) is 11.8 Å². The number of likely N-dealkylation sites (N-methyl/N-ethyl adjacent to an activating group) is 1. The molecule has 23 heavy (non-hydrogen) atoms. The molecule has 3 unspecified atom stereocenters. The van der Waals surface area contributed by atoms with E-state index in [-0.39, 0.29) is 24.4 Å². The molecule has 1 aliphatic heterocycles. The van der Waals surface area contributed by atoms with Gasteiger partial charge in [0.2, 0.25) is 11.8 Å². The fourth-order valence-corrected chi connectivity index (χ4v) is 3.58. The zero-order valence-electron chi connectivity index (χ0n) is 14.8. The lowest BCUT2D eigenvalue weighted by Crippen LogP contribution is -2.51. The molecule has 2 rings (SSSR count). The molecule has 6 nitrogen and oxygen atoms in total. The third-order valence-corrected chi connectivity index (χ3v) is 5.34. The van der Waals surface area contributed by atoms with Crippen molar-refractivity contribution in [3.63, 3.8) is 0 Å². The van der Waals surface area contributed by atoms with Crippen molar-refractivity contribution in [1.29, 1.82) is 0 Å². The van der Waals surface area contributed by atoms with E-state index in [9.17, 15) is 9.59 Å². The maximum atomic E-state index is 12.2. The van der Waals surface area contributed by atoms with Crippen LogP contribution in [0.2, 0.25) is 0 Å². The molecule has 1 saturated carbocycles. The molecule has 0 aromatic heterocycles. The predicted octanol–water partition coefficient (Wildman–Crippen LogP) is 0.291. The first-order valence-electron chi connectivity index (χ1n) is 8.93. The van der Waals surface area contributed by atoms with E-state index < -0.39 is 0 Å². The molecule has 3 atom stereocenters. The Kier molecular flexibility index (Phi) is 6.84. The summed E-state index contributed by atoms with van der Waals surface area (Å²) in [5.74, 6) is 1.34. The van der Waals surface area contributed by atoms with Crippen molar-refractivity contribution in [3.8, 4) is 0 Å². The number of carbonyl (C=O) groups is 2. The van der Waals surface area contributed by atoms with Crippen molar-refractivity contribution >= 4 is 11.8 Å². The van der Waals surface area contributed by atoms with Gasteiger partial charge in [0.05, 0.1) is 13.1 Å². The van der Waals surface area contributed by atoms with Crippen molar-refractivity contribution in [2.75, 3.05) is 46.3 Å². The van der Waals surface area contributed by atoms with Gasteiger partial charge in [0.15, 0.2) is 0 Å². The average molecular weight is 324 g/mol. The number of amides is 2.